The van der Waals surface area contributed by atoms with E-state index in [0.29, 0.717) is 19.3 Å². The van der Waals surface area contributed by atoms with Gasteiger partial charge in [-0.3, -0.25) is 14.4 Å². The highest BCUT2D eigenvalue weighted by molar-refractivity contribution is 5.71. The van der Waals surface area contributed by atoms with Crippen molar-refractivity contribution in [2.75, 3.05) is 13.2 Å². The van der Waals surface area contributed by atoms with E-state index in [4.69, 9.17) is 14.2 Å². The molecule has 0 aliphatic carbocycles. The van der Waals surface area contributed by atoms with Crippen molar-refractivity contribution in [3.63, 3.8) is 0 Å². The summed E-state index contributed by atoms with van der Waals surface area (Å²) in [7, 11) is 0. The molecule has 362 valence electrons. The van der Waals surface area contributed by atoms with E-state index in [1.165, 1.54) is 44.9 Å². The molecule has 0 aromatic heterocycles. The molecular weight excluding hydrogens is 793 g/mol. The van der Waals surface area contributed by atoms with Gasteiger partial charge in [-0.25, -0.2) is 0 Å². The van der Waals surface area contributed by atoms with Crippen LogP contribution in [0.3, 0.4) is 0 Å². The van der Waals surface area contributed by atoms with Gasteiger partial charge in [-0.05, 0) is 109 Å². The molecule has 0 fully saturated rings. The van der Waals surface area contributed by atoms with E-state index < -0.39 is 6.10 Å². The Kier molecular flexibility index (Phi) is 48.5. The van der Waals surface area contributed by atoms with Gasteiger partial charge in [0.1, 0.15) is 13.2 Å². The molecule has 1 atom stereocenters. The fraction of sp³-hybridized carbons (Fsp3) is 0.638. The van der Waals surface area contributed by atoms with Crippen molar-refractivity contribution in [3.05, 3.63) is 109 Å². The number of hydrogen-bond acceptors (Lipinski definition) is 6. The predicted octanol–water partition coefficient (Wildman–Crippen LogP) is 17.1. The molecule has 0 amide bonds. The molecule has 0 aliphatic rings. The normalized spacial score (nSPS) is 13.0. The Balaban J connectivity index is 4.49. The van der Waals surface area contributed by atoms with Crippen molar-refractivity contribution in [1.29, 1.82) is 0 Å². The second-order valence-electron chi connectivity index (χ2n) is 16.7. The van der Waals surface area contributed by atoms with E-state index in [0.717, 1.165) is 135 Å². The fourth-order valence-electron chi connectivity index (χ4n) is 6.71. The smallest absolute Gasteiger partial charge is 0.306 e. The van der Waals surface area contributed by atoms with Gasteiger partial charge in [0.15, 0.2) is 6.10 Å². The van der Waals surface area contributed by atoms with Gasteiger partial charge in [0, 0.05) is 19.3 Å². The summed E-state index contributed by atoms with van der Waals surface area (Å²) in [5, 5.41) is 0. The monoisotopic (exact) mass is 887 g/mol. The average Bonchev–Trinajstić information content (AvgIpc) is 3.29. The van der Waals surface area contributed by atoms with Gasteiger partial charge in [-0.2, -0.15) is 0 Å². The summed E-state index contributed by atoms with van der Waals surface area (Å²) in [6, 6.07) is 0. The number of rotatable bonds is 45. The minimum absolute atomic E-state index is 0.108. The quantitative estimate of drug-likeness (QED) is 0.0199. The Morgan fingerprint density at radius 3 is 1.11 bits per heavy atom. The van der Waals surface area contributed by atoms with Crippen LogP contribution < -0.4 is 0 Å². The Hall–Kier alpha value is -3.93. The summed E-state index contributed by atoms with van der Waals surface area (Å²) in [6.07, 6.45) is 69.3. The van der Waals surface area contributed by atoms with Gasteiger partial charge in [0.05, 0.1) is 0 Å². The molecule has 6 nitrogen and oxygen atoms in total. The van der Waals surface area contributed by atoms with Gasteiger partial charge < -0.3 is 14.2 Å². The molecule has 0 radical (unpaired) electrons. The lowest BCUT2D eigenvalue weighted by atomic mass is 10.1. The molecule has 0 heterocycles. The molecule has 1 unspecified atom stereocenters. The summed E-state index contributed by atoms with van der Waals surface area (Å²) in [5.41, 5.74) is 0. The third kappa shape index (κ3) is 49.1. The van der Waals surface area contributed by atoms with Crippen molar-refractivity contribution < 1.29 is 28.6 Å². The van der Waals surface area contributed by atoms with Crippen molar-refractivity contribution >= 4 is 17.9 Å². The molecule has 0 aromatic carbocycles. The molecule has 0 rings (SSSR count). The summed E-state index contributed by atoms with van der Waals surface area (Å²) < 4.78 is 16.7. The zero-order chi connectivity index (χ0) is 46.5. The number of hydrogen-bond donors (Lipinski definition) is 0. The summed E-state index contributed by atoms with van der Waals surface area (Å²) in [5.74, 6) is -0.986. The van der Waals surface area contributed by atoms with Gasteiger partial charge >= 0.3 is 17.9 Å². The first-order valence-corrected chi connectivity index (χ1v) is 25.9. The van der Waals surface area contributed by atoms with Crippen molar-refractivity contribution in [2.24, 2.45) is 0 Å². The summed E-state index contributed by atoms with van der Waals surface area (Å²) in [4.78, 5) is 38.0. The minimum Gasteiger partial charge on any atom is -0.462 e. The van der Waals surface area contributed by atoms with Crippen LogP contribution in [0.15, 0.2) is 109 Å². The molecule has 0 saturated heterocycles. The van der Waals surface area contributed by atoms with Gasteiger partial charge in [-0.15, -0.1) is 0 Å². The second kappa shape index (κ2) is 51.7. The van der Waals surface area contributed by atoms with E-state index in [9.17, 15) is 14.4 Å². The lowest BCUT2D eigenvalue weighted by Crippen LogP contribution is -2.30. The highest BCUT2D eigenvalue weighted by Crippen LogP contribution is 2.13. The fourth-order valence-corrected chi connectivity index (χ4v) is 6.71. The maximum Gasteiger partial charge on any atom is 0.306 e. The zero-order valence-electron chi connectivity index (χ0n) is 41.3. The minimum atomic E-state index is -0.811. The average molecular weight is 887 g/mol. The number of esters is 3. The van der Waals surface area contributed by atoms with Crippen LogP contribution in [-0.4, -0.2) is 37.2 Å². The van der Waals surface area contributed by atoms with Crippen LogP contribution in [0, 0.1) is 0 Å². The molecule has 0 N–H and O–H groups in total. The predicted molar refractivity (Wildman–Crippen MR) is 274 cm³/mol. The van der Waals surface area contributed by atoms with Crippen LogP contribution in [0.4, 0.5) is 0 Å². The van der Waals surface area contributed by atoms with Crippen molar-refractivity contribution in [2.45, 2.75) is 226 Å². The Bertz CT molecular complexity index is 1340. The summed E-state index contributed by atoms with van der Waals surface area (Å²) >= 11 is 0. The lowest BCUT2D eigenvalue weighted by molar-refractivity contribution is -0.167. The second-order valence-corrected chi connectivity index (χ2v) is 16.7. The van der Waals surface area contributed by atoms with Gasteiger partial charge in [0.2, 0.25) is 0 Å². The highest BCUT2D eigenvalue weighted by atomic mass is 16.6. The zero-order valence-corrected chi connectivity index (χ0v) is 41.3. The molecule has 0 spiro atoms. The first kappa shape index (κ1) is 60.1. The standard InChI is InChI=1S/C58H94O6/c1-4-7-10-13-16-19-22-25-27-29-30-32-33-36-39-42-45-48-51-57(60)63-54-55(53-62-56(59)50-47-44-41-38-35-24-21-18-15-12-9-6-3)64-58(61)52-49-46-43-40-37-34-31-28-26-23-20-17-14-11-8-5-2/h8-9,11-12,17-18,20-22,25-30,32,35,38,55H,4-7,10,13-16,19,23-24,31,33-34,36-37,39-54H2,1-3H3/b11-8-,12-9-,20-17-,21-18-,25-22-,28-26-,29-27-,32-30-,38-35-. The number of carbonyl (C=O) groups is 3. The number of allylic oxidation sites excluding steroid dienone is 18. The topological polar surface area (TPSA) is 78.9 Å². The van der Waals surface area contributed by atoms with Crippen LogP contribution in [0.2, 0.25) is 0 Å². The Morgan fingerprint density at radius 1 is 0.344 bits per heavy atom. The molecule has 64 heavy (non-hydrogen) atoms. The number of ether oxygens (including phenoxy) is 3. The molecular formula is C58H94O6. The molecule has 0 aromatic rings. The Morgan fingerprint density at radius 2 is 0.672 bits per heavy atom. The molecule has 6 heteroatoms. The first-order valence-electron chi connectivity index (χ1n) is 25.9. The van der Waals surface area contributed by atoms with Crippen LogP contribution in [0.5, 0.6) is 0 Å². The van der Waals surface area contributed by atoms with Crippen molar-refractivity contribution in [3.8, 4) is 0 Å². The molecule has 0 saturated carbocycles. The largest absolute Gasteiger partial charge is 0.462 e. The van der Waals surface area contributed by atoms with Gasteiger partial charge in [-0.1, -0.05) is 201 Å². The molecule has 0 bridgehead atoms. The SMILES string of the molecule is CC/C=C\C/C=C\C/C=C\CCCCCCCCC(=O)OC(COC(=O)CCCC/C=C\C/C=C\C/C=C\CC)COC(=O)CCCCCCC\C=C/C=C\C=C/CCCCCCC. The van der Waals surface area contributed by atoms with E-state index in [-0.39, 0.29) is 31.1 Å². The Labute approximate surface area is 393 Å². The van der Waals surface area contributed by atoms with E-state index in [1.807, 2.05) is 0 Å². The lowest BCUT2D eigenvalue weighted by Gasteiger charge is -2.18. The third-order valence-corrected chi connectivity index (χ3v) is 10.6. The van der Waals surface area contributed by atoms with Crippen LogP contribution >= 0.6 is 0 Å². The summed E-state index contributed by atoms with van der Waals surface area (Å²) in [6.45, 7) is 6.32. The number of unbranched alkanes of at least 4 members (excludes halogenated alkanes) is 18. The number of carbonyl (C=O) groups excluding carboxylic acids is 3. The maximum atomic E-state index is 12.8. The van der Waals surface area contributed by atoms with Crippen LogP contribution in [-0.2, 0) is 28.6 Å². The van der Waals surface area contributed by atoms with Gasteiger partial charge in [0.25, 0.3) is 0 Å². The van der Waals surface area contributed by atoms with E-state index >= 15 is 0 Å². The maximum absolute atomic E-state index is 12.8. The van der Waals surface area contributed by atoms with Crippen LogP contribution in [0.1, 0.15) is 220 Å². The molecule has 0 aliphatic heterocycles. The van der Waals surface area contributed by atoms with Crippen LogP contribution in [0.25, 0.3) is 0 Å². The van der Waals surface area contributed by atoms with Crippen molar-refractivity contribution in [1.82, 2.24) is 0 Å². The highest BCUT2D eigenvalue weighted by Gasteiger charge is 2.19. The first-order chi connectivity index (χ1) is 31.5. The van der Waals surface area contributed by atoms with E-state index in [1.54, 1.807) is 0 Å². The third-order valence-electron chi connectivity index (χ3n) is 10.6. The van der Waals surface area contributed by atoms with E-state index in [2.05, 4.69) is 130 Å².